The zero-order valence-electron chi connectivity index (χ0n) is 23.1. The van der Waals surface area contributed by atoms with E-state index in [1.165, 1.54) is 11.0 Å². The molecule has 2 heterocycles. The van der Waals surface area contributed by atoms with Crippen LogP contribution in [0.1, 0.15) is 43.7 Å². The first-order chi connectivity index (χ1) is 20.3. The van der Waals surface area contributed by atoms with Crippen LogP contribution >= 0.6 is 11.3 Å². The van der Waals surface area contributed by atoms with Crippen LogP contribution in [-0.2, 0) is 20.9 Å². The third kappa shape index (κ3) is 5.73. The van der Waals surface area contributed by atoms with Gasteiger partial charge in [-0.05, 0) is 37.1 Å². The lowest BCUT2D eigenvalue weighted by Gasteiger charge is -2.23. The van der Waals surface area contributed by atoms with E-state index < -0.39 is 23.7 Å². The lowest BCUT2D eigenvalue weighted by atomic mass is 9.95. The molecule has 5 rings (SSSR count). The average Bonchev–Trinajstić information content (AvgIpc) is 3.51. The Morgan fingerprint density at radius 2 is 1.79 bits per heavy atom. The molecule has 3 aromatic carbocycles. The van der Waals surface area contributed by atoms with E-state index in [0.29, 0.717) is 29.2 Å². The number of ether oxygens (including phenoxy) is 2. The molecule has 1 saturated heterocycles. The van der Waals surface area contributed by atoms with Crippen molar-refractivity contribution in [3.8, 4) is 5.75 Å². The summed E-state index contributed by atoms with van der Waals surface area (Å²) >= 11 is 0.940. The van der Waals surface area contributed by atoms with Gasteiger partial charge >= 0.3 is 11.9 Å². The fraction of sp³-hybridized carbons (Fsp3) is 0.152. The lowest BCUT2D eigenvalue weighted by Crippen LogP contribution is -2.29. The van der Waals surface area contributed by atoms with Crippen LogP contribution in [0, 0.1) is 13.8 Å². The number of aryl methyl sites for hydroxylation is 2. The van der Waals surface area contributed by atoms with Crippen LogP contribution in [0.2, 0.25) is 0 Å². The molecule has 1 aromatic heterocycles. The first-order valence-electron chi connectivity index (χ1n) is 13.2. The Morgan fingerprint density at radius 1 is 1.05 bits per heavy atom. The summed E-state index contributed by atoms with van der Waals surface area (Å²) in [5.41, 5.74) is 3.13. The van der Waals surface area contributed by atoms with Crippen LogP contribution in [0.25, 0.3) is 5.76 Å². The first-order valence-corrected chi connectivity index (χ1v) is 14.0. The number of ketones is 1. The fourth-order valence-corrected chi connectivity index (χ4v) is 5.59. The second-order valence-electron chi connectivity index (χ2n) is 9.68. The second kappa shape index (κ2) is 12.2. The van der Waals surface area contributed by atoms with Gasteiger partial charge in [-0.3, -0.25) is 14.5 Å². The maximum atomic E-state index is 13.6. The lowest BCUT2D eigenvalue weighted by molar-refractivity contribution is -0.132. The minimum atomic E-state index is -1.03. The molecule has 0 radical (unpaired) electrons. The number of Topliss-reactive ketones (excluding diaryl/α,β-unsaturated/α-hetero) is 1. The second-order valence-corrected chi connectivity index (χ2v) is 10.7. The molecule has 1 N–H and O–H groups in total. The van der Waals surface area contributed by atoms with Gasteiger partial charge in [0.15, 0.2) is 5.13 Å². The number of rotatable bonds is 9. The number of amides is 1. The van der Waals surface area contributed by atoms with Crippen molar-refractivity contribution in [2.45, 2.75) is 26.5 Å². The molecule has 0 saturated carbocycles. The standard InChI is InChI=1S/C33H28N2O6S/c1-4-17-40-32(39)30-21(3)34-33(42-30)35-27(24-11-8-12-25(18-24)41-19-22-9-6-5-7-10-22)26(29(37)31(35)38)28(36)23-15-13-20(2)14-16-23/h4-16,18,27,36H,1,17,19H2,2-3H3/b28-26+. The van der Waals surface area contributed by atoms with E-state index in [1.54, 1.807) is 43.3 Å². The summed E-state index contributed by atoms with van der Waals surface area (Å²) in [6, 6.07) is 22.6. The molecule has 1 atom stereocenters. The van der Waals surface area contributed by atoms with Gasteiger partial charge in [-0.15, -0.1) is 0 Å². The van der Waals surface area contributed by atoms with Gasteiger partial charge in [0.05, 0.1) is 17.3 Å². The molecule has 8 nitrogen and oxygen atoms in total. The summed E-state index contributed by atoms with van der Waals surface area (Å²) in [4.78, 5) is 45.7. The van der Waals surface area contributed by atoms with Gasteiger partial charge < -0.3 is 14.6 Å². The van der Waals surface area contributed by atoms with Crippen LogP contribution in [0.3, 0.4) is 0 Å². The average molecular weight is 581 g/mol. The summed E-state index contributed by atoms with van der Waals surface area (Å²) < 4.78 is 11.2. The van der Waals surface area contributed by atoms with E-state index in [9.17, 15) is 19.5 Å². The highest BCUT2D eigenvalue weighted by molar-refractivity contribution is 7.17. The fourth-order valence-electron chi connectivity index (χ4n) is 4.60. The Bertz CT molecular complexity index is 1690. The molecule has 1 aliphatic rings. The van der Waals surface area contributed by atoms with Gasteiger partial charge in [0.25, 0.3) is 5.78 Å². The van der Waals surface area contributed by atoms with Crippen molar-refractivity contribution in [1.82, 2.24) is 4.98 Å². The van der Waals surface area contributed by atoms with Gasteiger partial charge in [0, 0.05) is 5.56 Å². The van der Waals surface area contributed by atoms with Crippen molar-refractivity contribution in [2.75, 3.05) is 11.5 Å². The number of hydrogen-bond acceptors (Lipinski definition) is 8. The smallest absolute Gasteiger partial charge is 0.350 e. The van der Waals surface area contributed by atoms with Crippen LogP contribution in [0.5, 0.6) is 5.75 Å². The monoisotopic (exact) mass is 580 g/mol. The van der Waals surface area contributed by atoms with Gasteiger partial charge in [0.2, 0.25) is 0 Å². The summed E-state index contributed by atoms with van der Waals surface area (Å²) in [5, 5.41) is 11.5. The van der Waals surface area contributed by atoms with Gasteiger partial charge in [0.1, 0.15) is 29.6 Å². The number of aliphatic hydroxyl groups excluding tert-OH is 1. The van der Waals surface area contributed by atoms with E-state index in [1.807, 2.05) is 49.4 Å². The highest BCUT2D eigenvalue weighted by Gasteiger charge is 2.48. The molecule has 1 aliphatic heterocycles. The summed E-state index contributed by atoms with van der Waals surface area (Å²) in [6.07, 6.45) is 1.45. The minimum absolute atomic E-state index is 0.0162. The molecule has 9 heteroatoms. The highest BCUT2D eigenvalue weighted by Crippen LogP contribution is 2.44. The van der Waals surface area contributed by atoms with E-state index in [4.69, 9.17) is 9.47 Å². The van der Waals surface area contributed by atoms with Gasteiger partial charge in [-0.2, -0.15) is 0 Å². The van der Waals surface area contributed by atoms with Crippen molar-refractivity contribution < 1.29 is 29.0 Å². The molecule has 42 heavy (non-hydrogen) atoms. The number of aliphatic hydroxyl groups is 1. The number of benzene rings is 3. The van der Waals surface area contributed by atoms with Gasteiger partial charge in [-0.25, -0.2) is 9.78 Å². The molecule has 0 spiro atoms. The topological polar surface area (TPSA) is 106 Å². The minimum Gasteiger partial charge on any atom is -0.507 e. The van der Waals surface area contributed by atoms with E-state index in [-0.39, 0.29) is 27.9 Å². The zero-order valence-corrected chi connectivity index (χ0v) is 23.9. The third-order valence-corrected chi connectivity index (χ3v) is 7.84. The first kappa shape index (κ1) is 28.5. The molecule has 1 amide bonds. The Morgan fingerprint density at radius 3 is 2.50 bits per heavy atom. The summed E-state index contributed by atoms with van der Waals surface area (Å²) in [6.45, 7) is 7.42. The van der Waals surface area contributed by atoms with Crippen molar-refractivity contribution in [3.05, 3.63) is 130 Å². The number of carbonyl (C=O) groups is 3. The van der Waals surface area contributed by atoms with Crippen LogP contribution in [0.15, 0.2) is 97.1 Å². The largest absolute Gasteiger partial charge is 0.507 e. The van der Waals surface area contributed by atoms with Crippen LogP contribution < -0.4 is 9.64 Å². The predicted molar refractivity (Wildman–Crippen MR) is 161 cm³/mol. The molecule has 1 fully saturated rings. The molecule has 4 aromatic rings. The zero-order chi connectivity index (χ0) is 29.8. The van der Waals surface area contributed by atoms with Crippen LogP contribution in [0.4, 0.5) is 5.13 Å². The molecule has 212 valence electrons. The molecule has 1 unspecified atom stereocenters. The number of hydrogen-bond donors (Lipinski definition) is 1. The Kier molecular flexibility index (Phi) is 8.31. The maximum Gasteiger partial charge on any atom is 0.350 e. The number of esters is 1. The normalized spacial score (nSPS) is 16.0. The molecule has 0 aliphatic carbocycles. The van der Waals surface area contributed by atoms with Gasteiger partial charge in [-0.1, -0.05) is 96.3 Å². The van der Waals surface area contributed by atoms with E-state index in [0.717, 1.165) is 22.5 Å². The molecular weight excluding hydrogens is 552 g/mol. The molecular formula is C33H28N2O6S. The van der Waals surface area contributed by atoms with Crippen LogP contribution in [-0.4, -0.2) is 34.4 Å². The van der Waals surface area contributed by atoms with Crippen molar-refractivity contribution in [2.24, 2.45) is 0 Å². The maximum absolute atomic E-state index is 13.6. The summed E-state index contributed by atoms with van der Waals surface area (Å²) in [7, 11) is 0. The highest BCUT2D eigenvalue weighted by atomic mass is 32.1. The van der Waals surface area contributed by atoms with Crippen molar-refractivity contribution in [1.29, 1.82) is 0 Å². The van der Waals surface area contributed by atoms with E-state index >= 15 is 0 Å². The number of carbonyl (C=O) groups excluding carboxylic acids is 3. The summed E-state index contributed by atoms with van der Waals surface area (Å²) in [5.74, 6) is -2.14. The number of nitrogens with zero attached hydrogens (tertiary/aromatic N) is 2. The Balaban J connectivity index is 1.60. The number of anilines is 1. The predicted octanol–water partition coefficient (Wildman–Crippen LogP) is 6.31. The molecule has 0 bridgehead atoms. The Labute approximate surface area is 247 Å². The SMILES string of the molecule is C=CCOC(=O)c1sc(N2C(=O)C(=O)/C(=C(/O)c3ccc(C)cc3)C2c2cccc(OCc3ccccc3)c2)nc1C. The third-order valence-electron chi connectivity index (χ3n) is 6.70. The van der Waals surface area contributed by atoms with Crippen molar-refractivity contribution >= 4 is 39.9 Å². The Hall–Kier alpha value is -5.02. The van der Waals surface area contributed by atoms with E-state index in [2.05, 4.69) is 11.6 Å². The number of aromatic nitrogens is 1. The number of thiazole rings is 1. The van der Waals surface area contributed by atoms with Crippen molar-refractivity contribution in [3.63, 3.8) is 0 Å². The quantitative estimate of drug-likeness (QED) is 0.0813.